The fraction of sp³-hybridized carbons (Fsp3) is 0.364. The molecule has 30 heavy (non-hydrogen) atoms. The zero-order valence-corrected chi connectivity index (χ0v) is 18.1. The summed E-state index contributed by atoms with van der Waals surface area (Å²) in [7, 11) is -3.38. The van der Waals surface area contributed by atoms with Crippen LogP contribution in [0.1, 0.15) is 26.7 Å². The van der Waals surface area contributed by atoms with Crippen molar-refractivity contribution in [3.8, 4) is 11.1 Å². The van der Waals surface area contributed by atoms with E-state index in [0.717, 1.165) is 41.6 Å². The van der Waals surface area contributed by atoms with E-state index >= 15 is 0 Å². The first kappa shape index (κ1) is 20.4. The van der Waals surface area contributed by atoms with Crippen molar-refractivity contribution in [2.75, 3.05) is 27.3 Å². The van der Waals surface area contributed by atoms with Crippen LogP contribution in [0.25, 0.3) is 11.1 Å². The monoisotopic (exact) mass is 427 g/mol. The minimum absolute atomic E-state index is 0.0608. The highest BCUT2D eigenvalue weighted by Crippen LogP contribution is 2.42. The van der Waals surface area contributed by atoms with Crippen molar-refractivity contribution in [2.45, 2.75) is 32.7 Å². The molecule has 2 aromatic carbocycles. The number of fused-ring (bicyclic) bond motifs is 1. The van der Waals surface area contributed by atoms with Gasteiger partial charge >= 0.3 is 0 Å². The highest BCUT2D eigenvalue weighted by Gasteiger charge is 2.39. The second kappa shape index (κ2) is 7.43. The smallest absolute Gasteiger partial charge is 0.230 e. The van der Waals surface area contributed by atoms with Gasteiger partial charge in [0.1, 0.15) is 0 Å². The van der Waals surface area contributed by atoms with Gasteiger partial charge < -0.3 is 9.80 Å². The number of hydrogen-bond acceptors (Lipinski definition) is 4. The lowest BCUT2D eigenvalue weighted by Crippen LogP contribution is -2.51. The minimum Gasteiger partial charge on any atom is -0.308 e. The highest BCUT2D eigenvalue weighted by molar-refractivity contribution is 7.92. The van der Waals surface area contributed by atoms with E-state index in [1.165, 1.54) is 6.92 Å². The Kier molecular flexibility index (Phi) is 5.05. The molecule has 2 aromatic rings. The molecule has 1 heterocycles. The van der Waals surface area contributed by atoms with Crippen molar-refractivity contribution in [3.05, 3.63) is 42.5 Å². The van der Waals surface area contributed by atoms with E-state index in [0.29, 0.717) is 12.2 Å². The summed E-state index contributed by atoms with van der Waals surface area (Å²) >= 11 is 0. The molecule has 2 aliphatic rings. The van der Waals surface area contributed by atoms with Crippen LogP contribution in [0.5, 0.6) is 0 Å². The van der Waals surface area contributed by atoms with Crippen molar-refractivity contribution < 1.29 is 18.0 Å². The molecule has 1 atom stereocenters. The summed E-state index contributed by atoms with van der Waals surface area (Å²) in [5.74, 6) is 0.116. The van der Waals surface area contributed by atoms with E-state index in [2.05, 4.69) is 4.72 Å². The van der Waals surface area contributed by atoms with Gasteiger partial charge in [-0.25, -0.2) is 8.42 Å². The molecule has 1 fully saturated rings. The third-order valence-corrected chi connectivity index (χ3v) is 6.05. The first-order valence-corrected chi connectivity index (χ1v) is 11.9. The van der Waals surface area contributed by atoms with Crippen LogP contribution in [0.15, 0.2) is 42.5 Å². The fourth-order valence-electron chi connectivity index (χ4n) is 4.02. The van der Waals surface area contributed by atoms with Crippen LogP contribution < -0.4 is 14.5 Å². The van der Waals surface area contributed by atoms with Gasteiger partial charge in [0.2, 0.25) is 21.8 Å². The highest BCUT2D eigenvalue weighted by atomic mass is 32.2. The third kappa shape index (κ3) is 4.05. The first-order valence-electron chi connectivity index (χ1n) is 9.97. The van der Waals surface area contributed by atoms with Crippen molar-refractivity contribution in [1.82, 2.24) is 0 Å². The van der Waals surface area contributed by atoms with Crippen LogP contribution in [0, 0.1) is 5.92 Å². The van der Waals surface area contributed by atoms with Gasteiger partial charge in [-0.2, -0.15) is 0 Å². The number of anilines is 3. The van der Waals surface area contributed by atoms with Gasteiger partial charge in [0, 0.05) is 25.1 Å². The molecule has 8 heteroatoms. The Morgan fingerprint density at radius 2 is 1.73 bits per heavy atom. The summed E-state index contributed by atoms with van der Waals surface area (Å²) in [5, 5.41) is 0. The maximum atomic E-state index is 12.9. The Morgan fingerprint density at radius 1 is 1.03 bits per heavy atom. The normalized spacial score (nSPS) is 18.7. The van der Waals surface area contributed by atoms with Gasteiger partial charge in [0.25, 0.3) is 0 Å². The standard InChI is InChI=1S/C22H25N3O4S/c1-14-13-24(22(27)16-7-8-16)21-12-18(9-10-20(21)25(14)15(2)26)17-5-4-6-19(11-17)23-30(3,28)29/h4-6,9-12,14,16,23H,7-8,13H2,1-3H3. The molecular weight excluding hydrogens is 402 g/mol. The zero-order chi connectivity index (χ0) is 21.6. The number of benzene rings is 2. The van der Waals surface area contributed by atoms with Gasteiger partial charge in [0.05, 0.1) is 23.7 Å². The first-order chi connectivity index (χ1) is 14.1. The molecule has 1 aliphatic heterocycles. The lowest BCUT2D eigenvalue weighted by atomic mass is 10.00. The Bertz CT molecular complexity index is 1120. The van der Waals surface area contributed by atoms with E-state index < -0.39 is 10.0 Å². The molecule has 1 unspecified atom stereocenters. The summed E-state index contributed by atoms with van der Waals surface area (Å²) < 4.78 is 25.6. The topological polar surface area (TPSA) is 86.8 Å². The largest absolute Gasteiger partial charge is 0.308 e. The number of carbonyl (C=O) groups is 2. The van der Waals surface area contributed by atoms with Gasteiger partial charge in [-0.05, 0) is 55.2 Å². The van der Waals surface area contributed by atoms with Crippen molar-refractivity contribution in [3.63, 3.8) is 0 Å². The minimum atomic E-state index is -3.38. The Morgan fingerprint density at radius 3 is 2.37 bits per heavy atom. The van der Waals surface area contributed by atoms with Gasteiger partial charge in [-0.3, -0.25) is 14.3 Å². The Labute approximate surface area is 176 Å². The van der Waals surface area contributed by atoms with E-state index in [9.17, 15) is 18.0 Å². The van der Waals surface area contributed by atoms with E-state index in [1.807, 2.05) is 31.2 Å². The average Bonchev–Trinajstić information content (AvgIpc) is 3.50. The van der Waals surface area contributed by atoms with E-state index in [1.54, 1.807) is 28.0 Å². The Hall–Kier alpha value is -2.87. The van der Waals surface area contributed by atoms with Gasteiger partial charge in [0.15, 0.2) is 0 Å². The lowest BCUT2D eigenvalue weighted by Gasteiger charge is -2.41. The number of nitrogens with one attached hydrogen (secondary N) is 1. The fourth-order valence-corrected chi connectivity index (χ4v) is 4.58. The van der Waals surface area contributed by atoms with Crippen LogP contribution in [0.2, 0.25) is 0 Å². The summed E-state index contributed by atoms with van der Waals surface area (Å²) in [6.07, 6.45) is 2.93. The predicted octanol–water partition coefficient (Wildman–Crippen LogP) is 3.22. The second-order valence-electron chi connectivity index (χ2n) is 8.12. The van der Waals surface area contributed by atoms with Crippen molar-refractivity contribution >= 4 is 38.9 Å². The number of sulfonamides is 1. The summed E-state index contributed by atoms with van der Waals surface area (Å²) in [6, 6.07) is 12.7. The van der Waals surface area contributed by atoms with E-state index in [-0.39, 0.29) is 23.8 Å². The predicted molar refractivity (Wildman–Crippen MR) is 118 cm³/mol. The SMILES string of the molecule is CC(=O)N1c2ccc(-c3cccc(NS(C)(=O)=O)c3)cc2N(C(=O)C2CC2)CC1C. The molecule has 0 radical (unpaired) electrons. The molecule has 2 amide bonds. The summed E-state index contributed by atoms with van der Waals surface area (Å²) in [6.45, 7) is 3.94. The molecule has 0 bridgehead atoms. The molecule has 1 saturated carbocycles. The maximum Gasteiger partial charge on any atom is 0.230 e. The number of carbonyl (C=O) groups excluding carboxylic acids is 2. The third-order valence-electron chi connectivity index (χ3n) is 5.44. The molecule has 1 aliphatic carbocycles. The summed E-state index contributed by atoms with van der Waals surface area (Å²) in [4.78, 5) is 28.8. The summed E-state index contributed by atoms with van der Waals surface area (Å²) in [5.41, 5.74) is 3.58. The number of hydrogen-bond donors (Lipinski definition) is 1. The lowest BCUT2D eigenvalue weighted by molar-refractivity contribution is -0.120. The molecule has 158 valence electrons. The molecule has 7 nitrogen and oxygen atoms in total. The van der Waals surface area contributed by atoms with Crippen LogP contribution in [-0.2, 0) is 19.6 Å². The van der Waals surface area contributed by atoms with E-state index in [4.69, 9.17) is 0 Å². The molecule has 4 rings (SSSR count). The zero-order valence-electron chi connectivity index (χ0n) is 17.3. The number of rotatable bonds is 4. The maximum absolute atomic E-state index is 12.9. The quantitative estimate of drug-likeness (QED) is 0.812. The molecular formula is C22H25N3O4S. The molecule has 0 spiro atoms. The van der Waals surface area contributed by atoms with Crippen LogP contribution in [0.3, 0.4) is 0 Å². The average molecular weight is 428 g/mol. The number of amides is 2. The second-order valence-corrected chi connectivity index (χ2v) is 9.87. The molecule has 1 N–H and O–H groups in total. The van der Waals surface area contributed by atoms with Crippen LogP contribution in [-0.4, -0.2) is 39.1 Å². The van der Waals surface area contributed by atoms with Crippen molar-refractivity contribution in [1.29, 1.82) is 0 Å². The molecule has 0 aromatic heterocycles. The van der Waals surface area contributed by atoms with Gasteiger partial charge in [-0.1, -0.05) is 18.2 Å². The number of nitrogens with zero attached hydrogens (tertiary/aromatic N) is 2. The van der Waals surface area contributed by atoms with Crippen LogP contribution in [0.4, 0.5) is 17.1 Å². The van der Waals surface area contributed by atoms with Crippen LogP contribution >= 0.6 is 0 Å². The van der Waals surface area contributed by atoms with Crippen molar-refractivity contribution in [2.24, 2.45) is 5.92 Å². The van der Waals surface area contributed by atoms with Gasteiger partial charge in [-0.15, -0.1) is 0 Å². The Balaban J connectivity index is 1.78. The molecule has 0 saturated heterocycles.